The molecular formula is C19H25N3O4S. The van der Waals surface area contributed by atoms with Crippen LogP contribution in [0.2, 0.25) is 0 Å². The lowest BCUT2D eigenvalue weighted by Gasteiger charge is -2.30. The van der Waals surface area contributed by atoms with Crippen molar-refractivity contribution in [3.63, 3.8) is 0 Å². The molecule has 1 aromatic carbocycles. The number of amides is 1. The molecule has 1 aromatic heterocycles. The molecule has 0 spiro atoms. The minimum absolute atomic E-state index is 0.0654. The Morgan fingerprint density at radius 1 is 1.22 bits per heavy atom. The summed E-state index contributed by atoms with van der Waals surface area (Å²) >= 11 is 5.34. The molecule has 7 nitrogen and oxygen atoms in total. The maximum absolute atomic E-state index is 12.9. The lowest BCUT2D eigenvalue weighted by atomic mass is 9.99. The first kappa shape index (κ1) is 19.4. The highest BCUT2D eigenvalue weighted by Crippen LogP contribution is 2.30. The van der Waals surface area contributed by atoms with Gasteiger partial charge in [-0.1, -0.05) is 6.92 Å². The Morgan fingerprint density at radius 3 is 2.48 bits per heavy atom. The largest absolute Gasteiger partial charge is 0.493 e. The predicted molar refractivity (Wildman–Crippen MR) is 106 cm³/mol. The smallest absolute Gasteiger partial charge is 0.262 e. The number of likely N-dealkylation sites (tertiary alicyclic amines) is 1. The molecule has 1 aliphatic heterocycles. The molecular weight excluding hydrogens is 366 g/mol. The van der Waals surface area contributed by atoms with Gasteiger partial charge in [0, 0.05) is 32.1 Å². The molecule has 0 atom stereocenters. The summed E-state index contributed by atoms with van der Waals surface area (Å²) in [6.45, 7) is 4.04. The normalized spacial score (nSPS) is 15.1. The molecule has 2 aromatic rings. The van der Waals surface area contributed by atoms with E-state index in [1.165, 1.54) is 18.8 Å². The third kappa shape index (κ3) is 4.00. The highest BCUT2D eigenvalue weighted by Gasteiger charge is 2.20. The first-order chi connectivity index (χ1) is 12.9. The molecule has 1 amide bonds. The van der Waals surface area contributed by atoms with E-state index < -0.39 is 0 Å². The number of hydrogen-bond acceptors (Lipinski definition) is 5. The van der Waals surface area contributed by atoms with Gasteiger partial charge in [0.05, 0.1) is 25.1 Å². The van der Waals surface area contributed by atoms with Crippen LogP contribution in [-0.2, 0) is 11.3 Å². The summed E-state index contributed by atoms with van der Waals surface area (Å²) in [5.41, 5.74) is 0.338. The van der Waals surface area contributed by atoms with Crippen LogP contribution in [0.15, 0.2) is 16.9 Å². The topological polar surface area (TPSA) is 76.6 Å². The Balaban J connectivity index is 1.85. The Kier molecular flexibility index (Phi) is 5.84. The molecule has 1 saturated heterocycles. The second-order valence-electron chi connectivity index (χ2n) is 6.95. The van der Waals surface area contributed by atoms with Gasteiger partial charge in [-0.25, -0.2) is 0 Å². The quantitative estimate of drug-likeness (QED) is 0.793. The van der Waals surface area contributed by atoms with Gasteiger partial charge in [-0.05, 0) is 37.0 Å². The number of nitrogens with zero attached hydrogens (tertiary/aromatic N) is 2. The first-order valence-electron chi connectivity index (χ1n) is 9.11. The summed E-state index contributed by atoms with van der Waals surface area (Å²) in [6.07, 6.45) is 2.32. The van der Waals surface area contributed by atoms with Gasteiger partial charge in [0.25, 0.3) is 5.56 Å². The Bertz CT molecular complexity index is 958. The minimum atomic E-state index is -0.241. The maximum atomic E-state index is 12.9. The zero-order chi connectivity index (χ0) is 19.6. The van der Waals surface area contributed by atoms with E-state index in [9.17, 15) is 9.59 Å². The van der Waals surface area contributed by atoms with Crippen molar-refractivity contribution in [2.24, 2.45) is 5.92 Å². The summed E-state index contributed by atoms with van der Waals surface area (Å²) in [4.78, 5) is 30.3. The summed E-state index contributed by atoms with van der Waals surface area (Å²) in [7, 11) is 3.05. The van der Waals surface area contributed by atoms with Crippen molar-refractivity contribution in [1.29, 1.82) is 0 Å². The number of methoxy groups -OCH3 is 2. The van der Waals surface area contributed by atoms with E-state index in [0.717, 1.165) is 25.9 Å². The van der Waals surface area contributed by atoms with Crippen LogP contribution in [0.1, 0.15) is 26.2 Å². The molecule has 146 valence electrons. The van der Waals surface area contributed by atoms with Gasteiger partial charge in [0.2, 0.25) is 5.91 Å². The van der Waals surface area contributed by atoms with Crippen LogP contribution in [-0.4, -0.2) is 47.7 Å². The van der Waals surface area contributed by atoms with E-state index in [-0.39, 0.29) is 24.4 Å². The number of carbonyl (C=O) groups is 1. The fourth-order valence-electron chi connectivity index (χ4n) is 3.41. The van der Waals surface area contributed by atoms with E-state index in [1.807, 2.05) is 4.90 Å². The number of carbonyl (C=O) groups excluding carboxylic acids is 1. The Labute approximate surface area is 162 Å². The highest BCUT2D eigenvalue weighted by atomic mass is 32.1. The van der Waals surface area contributed by atoms with Crippen molar-refractivity contribution in [2.75, 3.05) is 27.3 Å². The predicted octanol–water partition coefficient (Wildman–Crippen LogP) is 2.72. The van der Waals surface area contributed by atoms with Gasteiger partial charge in [0.15, 0.2) is 16.3 Å². The highest BCUT2D eigenvalue weighted by molar-refractivity contribution is 7.71. The minimum Gasteiger partial charge on any atom is -0.493 e. The summed E-state index contributed by atoms with van der Waals surface area (Å²) in [5, 5.41) is 0.445. The van der Waals surface area contributed by atoms with Crippen LogP contribution < -0.4 is 15.0 Å². The number of aromatic nitrogens is 2. The third-order valence-electron chi connectivity index (χ3n) is 5.17. The zero-order valence-corrected chi connectivity index (χ0v) is 16.7. The Morgan fingerprint density at radius 2 is 1.85 bits per heavy atom. The zero-order valence-electron chi connectivity index (χ0n) is 15.9. The van der Waals surface area contributed by atoms with Crippen molar-refractivity contribution in [3.8, 4) is 11.5 Å². The second-order valence-corrected chi connectivity index (χ2v) is 7.34. The fourth-order valence-corrected chi connectivity index (χ4v) is 3.69. The molecule has 0 bridgehead atoms. The van der Waals surface area contributed by atoms with Gasteiger partial charge in [0.1, 0.15) is 0 Å². The van der Waals surface area contributed by atoms with Gasteiger partial charge in [-0.15, -0.1) is 0 Å². The van der Waals surface area contributed by atoms with Crippen LogP contribution in [0, 0.1) is 10.7 Å². The number of hydrogen-bond donors (Lipinski definition) is 1. The van der Waals surface area contributed by atoms with Gasteiger partial charge < -0.3 is 19.4 Å². The molecule has 0 saturated carbocycles. The number of benzene rings is 1. The lowest BCUT2D eigenvalue weighted by molar-refractivity contribution is -0.132. The molecule has 1 N–H and O–H groups in total. The van der Waals surface area contributed by atoms with E-state index in [0.29, 0.717) is 33.1 Å². The van der Waals surface area contributed by atoms with Crippen LogP contribution in [0.3, 0.4) is 0 Å². The third-order valence-corrected chi connectivity index (χ3v) is 5.49. The van der Waals surface area contributed by atoms with Crippen molar-refractivity contribution in [3.05, 3.63) is 27.3 Å². The molecule has 0 aliphatic carbocycles. The average Bonchev–Trinajstić information content (AvgIpc) is 2.67. The van der Waals surface area contributed by atoms with E-state index in [4.69, 9.17) is 21.7 Å². The first-order valence-corrected chi connectivity index (χ1v) is 9.52. The number of rotatable bonds is 5. The summed E-state index contributed by atoms with van der Waals surface area (Å²) in [6, 6.07) is 3.32. The van der Waals surface area contributed by atoms with E-state index in [1.54, 1.807) is 12.1 Å². The maximum Gasteiger partial charge on any atom is 0.262 e. The number of nitrogens with one attached hydrogen (secondary N) is 1. The number of ether oxygens (including phenoxy) is 2. The SMILES string of the molecule is COc1cc2[nH]c(=S)n(CCC(=O)N3CCC(C)CC3)c(=O)c2cc1OC. The van der Waals surface area contributed by atoms with Crippen molar-refractivity contribution >= 4 is 29.0 Å². The van der Waals surface area contributed by atoms with Gasteiger partial charge in [-0.3, -0.25) is 14.2 Å². The summed E-state index contributed by atoms with van der Waals surface area (Å²) < 4.78 is 12.3. The van der Waals surface area contributed by atoms with Crippen molar-refractivity contribution in [1.82, 2.24) is 14.5 Å². The van der Waals surface area contributed by atoms with E-state index >= 15 is 0 Å². The van der Waals surface area contributed by atoms with Crippen molar-refractivity contribution < 1.29 is 14.3 Å². The number of aromatic amines is 1. The molecule has 8 heteroatoms. The van der Waals surface area contributed by atoms with Gasteiger partial charge >= 0.3 is 0 Å². The van der Waals surface area contributed by atoms with Crippen LogP contribution in [0.25, 0.3) is 10.9 Å². The van der Waals surface area contributed by atoms with Crippen molar-refractivity contribution in [2.45, 2.75) is 32.7 Å². The summed E-state index contributed by atoms with van der Waals surface area (Å²) in [5.74, 6) is 1.72. The molecule has 2 heterocycles. The molecule has 0 radical (unpaired) electrons. The van der Waals surface area contributed by atoms with Gasteiger partial charge in [-0.2, -0.15) is 0 Å². The van der Waals surface area contributed by atoms with Crippen LogP contribution in [0.5, 0.6) is 11.5 Å². The molecule has 3 rings (SSSR count). The molecule has 0 unspecified atom stereocenters. The molecule has 1 fully saturated rings. The second kappa shape index (κ2) is 8.12. The number of fused-ring (bicyclic) bond motifs is 1. The monoisotopic (exact) mass is 391 g/mol. The molecule has 1 aliphatic rings. The van der Waals surface area contributed by atoms with E-state index in [2.05, 4.69) is 11.9 Å². The van der Waals surface area contributed by atoms with Crippen LogP contribution in [0.4, 0.5) is 0 Å². The molecule has 27 heavy (non-hydrogen) atoms. The Hall–Kier alpha value is -2.35. The lowest BCUT2D eigenvalue weighted by Crippen LogP contribution is -2.38. The number of piperidine rings is 1. The fraction of sp³-hybridized carbons (Fsp3) is 0.526. The average molecular weight is 391 g/mol. The van der Waals surface area contributed by atoms with Crippen LogP contribution >= 0.6 is 12.2 Å². The standard InChI is InChI=1S/C19H25N3O4S/c1-12-4-7-21(8-5-12)17(23)6-9-22-18(24)13-10-15(25-2)16(26-3)11-14(13)20-19(22)27/h10-12H,4-9H2,1-3H3,(H,20,27). The number of H-pyrrole nitrogens is 1.